The van der Waals surface area contributed by atoms with Gasteiger partial charge >= 0.3 is 0 Å². The topological polar surface area (TPSA) is 52.9 Å². The molecule has 4 nitrogen and oxygen atoms in total. The number of phenolic OH excluding ortho intramolecular Hbond substituents is 1. The molecule has 1 aliphatic heterocycles. The number of amidine groups is 1. The zero-order chi connectivity index (χ0) is 15.6. The highest BCUT2D eigenvalue weighted by Crippen LogP contribution is 2.33. The third-order valence-corrected chi connectivity index (χ3v) is 4.35. The number of aromatic hydroxyl groups is 1. The molecule has 0 aromatic heterocycles. The fourth-order valence-corrected chi connectivity index (χ4v) is 3.37. The normalized spacial score (nSPS) is 19.0. The van der Waals surface area contributed by atoms with E-state index in [0.717, 1.165) is 21.9 Å². The first-order valence-corrected chi connectivity index (χ1v) is 7.85. The average molecular weight is 304 g/mol. The van der Waals surface area contributed by atoms with Gasteiger partial charge in [-0.05, 0) is 74.4 Å². The number of aryl methyl sites for hydroxylation is 2. The quantitative estimate of drug-likeness (QED) is 0.872. The fraction of sp³-hybridized carbons (Fsp3) is 0.375. The second kappa shape index (κ2) is 6.35. The van der Waals surface area contributed by atoms with Gasteiger partial charge in [0.1, 0.15) is 5.75 Å². The van der Waals surface area contributed by atoms with E-state index in [2.05, 4.69) is 4.99 Å². The van der Waals surface area contributed by atoms with Crippen LogP contribution in [0.3, 0.4) is 0 Å². The lowest BCUT2D eigenvalue weighted by Gasteiger charge is -2.11. The van der Waals surface area contributed by atoms with Crippen LogP contribution < -0.4 is 0 Å². The van der Waals surface area contributed by atoms with Gasteiger partial charge in [-0.1, -0.05) is 0 Å². The lowest BCUT2D eigenvalue weighted by molar-refractivity contribution is -0.122. The van der Waals surface area contributed by atoms with Crippen molar-refractivity contribution in [3.63, 3.8) is 0 Å². The van der Waals surface area contributed by atoms with Gasteiger partial charge in [0, 0.05) is 13.1 Å². The SMILES string of the molecule is CCN=C1SC(=Cc2cc(C)c(O)c(C)c2)C(=O)N1CC. The van der Waals surface area contributed by atoms with Crippen molar-refractivity contribution < 1.29 is 9.90 Å². The van der Waals surface area contributed by atoms with Gasteiger partial charge in [0.2, 0.25) is 0 Å². The molecule has 1 heterocycles. The summed E-state index contributed by atoms with van der Waals surface area (Å²) in [6, 6.07) is 3.77. The first-order chi connectivity index (χ1) is 9.97. The van der Waals surface area contributed by atoms with Gasteiger partial charge in [0.15, 0.2) is 5.17 Å². The van der Waals surface area contributed by atoms with Crippen molar-refractivity contribution >= 4 is 28.9 Å². The summed E-state index contributed by atoms with van der Waals surface area (Å²) < 4.78 is 0. The molecule has 112 valence electrons. The second-order valence-electron chi connectivity index (χ2n) is 4.92. The number of rotatable bonds is 3. The van der Waals surface area contributed by atoms with E-state index in [4.69, 9.17) is 0 Å². The Morgan fingerprint density at radius 3 is 2.43 bits per heavy atom. The Labute approximate surface area is 129 Å². The predicted molar refractivity (Wildman–Crippen MR) is 88.5 cm³/mol. The van der Waals surface area contributed by atoms with E-state index in [1.54, 1.807) is 4.90 Å². The number of aliphatic imine (C=N–C) groups is 1. The molecular weight excluding hydrogens is 284 g/mol. The Morgan fingerprint density at radius 2 is 1.90 bits per heavy atom. The van der Waals surface area contributed by atoms with E-state index >= 15 is 0 Å². The van der Waals surface area contributed by atoms with Crippen LogP contribution in [0, 0.1) is 13.8 Å². The molecule has 21 heavy (non-hydrogen) atoms. The molecule has 1 N–H and O–H groups in total. The largest absolute Gasteiger partial charge is 0.507 e. The maximum atomic E-state index is 12.4. The third kappa shape index (κ3) is 3.13. The molecule has 1 aromatic rings. The lowest BCUT2D eigenvalue weighted by Crippen LogP contribution is -2.28. The molecule has 0 atom stereocenters. The Bertz CT molecular complexity index is 612. The smallest absolute Gasteiger partial charge is 0.266 e. The van der Waals surface area contributed by atoms with Crippen molar-refractivity contribution in [1.82, 2.24) is 4.90 Å². The van der Waals surface area contributed by atoms with Crippen LogP contribution in [0.4, 0.5) is 0 Å². The maximum absolute atomic E-state index is 12.4. The molecule has 0 bridgehead atoms. The standard InChI is InChI=1S/C16H20N2O2S/c1-5-17-16-18(6-2)15(20)13(21-16)9-12-7-10(3)14(19)11(4)8-12/h7-9,19H,5-6H2,1-4H3. The van der Waals surface area contributed by atoms with Crippen molar-refractivity contribution in [3.05, 3.63) is 33.7 Å². The third-order valence-electron chi connectivity index (χ3n) is 3.31. The van der Waals surface area contributed by atoms with Gasteiger partial charge in [-0.2, -0.15) is 0 Å². The van der Waals surface area contributed by atoms with Crippen LogP contribution >= 0.6 is 11.8 Å². The monoisotopic (exact) mass is 304 g/mol. The van der Waals surface area contributed by atoms with Gasteiger partial charge < -0.3 is 5.11 Å². The Morgan fingerprint density at radius 1 is 1.29 bits per heavy atom. The molecule has 1 saturated heterocycles. The van der Waals surface area contributed by atoms with Crippen LogP contribution in [0.5, 0.6) is 5.75 Å². The minimum absolute atomic E-state index is 0.00178. The van der Waals surface area contributed by atoms with Crippen LogP contribution in [0.25, 0.3) is 6.08 Å². The van der Waals surface area contributed by atoms with E-state index in [1.807, 2.05) is 45.9 Å². The molecule has 1 fully saturated rings. The van der Waals surface area contributed by atoms with E-state index < -0.39 is 0 Å². The number of carbonyl (C=O) groups excluding carboxylic acids is 1. The number of amides is 1. The average Bonchev–Trinajstić information content (AvgIpc) is 2.72. The highest BCUT2D eigenvalue weighted by Gasteiger charge is 2.31. The highest BCUT2D eigenvalue weighted by atomic mass is 32.2. The summed E-state index contributed by atoms with van der Waals surface area (Å²) in [6.45, 7) is 8.90. The minimum Gasteiger partial charge on any atom is -0.507 e. The molecule has 0 spiro atoms. The number of hydrogen-bond donors (Lipinski definition) is 1. The highest BCUT2D eigenvalue weighted by molar-refractivity contribution is 8.18. The van der Waals surface area contributed by atoms with Crippen molar-refractivity contribution in [2.75, 3.05) is 13.1 Å². The molecule has 0 saturated carbocycles. The molecule has 2 rings (SSSR count). The van der Waals surface area contributed by atoms with Gasteiger partial charge in [-0.3, -0.25) is 14.7 Å². The number of carbonyl (C=O) groups is 1. The Kier molecular flexibility index (Phi) is 4.73. The Hall–Kier alpha value is -1.75. The van der Waals surface area contributed by atoms with E-state index in [-0.39, 0.29) is 5.91 Å². The van der Waals surface area contributed by atoms with Crippen molar-refractivity contribution in [3.8, 4) is 5.75 Å². The van der Waals surface area contributed by atoms with Crippen molar-refractivity contribution in [2.24, 2.45) is 4.99 Å². The van der Waals surface area contributed by atoms with Crippen molar-refractivity contribution in [2.45, 2.75) is 27.7 Å². The molecule has 0 unspecified atom stereocenters. The summed E-state index contributed by atoms with van der Waals surface area (Å²) in [6.07, 6.45) is 1.87. The van der Waals surface area contributed by atoms with Gasteiger partial charge in [0.25, 0.3) is 5.91 Å². The predicted octanol–water partition coefficient (Wildman–Crippen LogP) is 3.32. The van der Waals surface area contributed by atoms with Gasteiger partial charge in [-0.25, -0.2) is 0 Å². The van der Waals surface area contributed by atoms with E-state index in [1.165, 1.54) is 11.8 Å². The molecule has 1 aromatic carbocycles. The second-order valence-corrected chi connectivity index (χ2v) is 5.93. The first kappa shape index (κ1) is 15.6. The van der Waals surface area contributed by atoms with Gasteiger partial charge in [0.05, 0.1) is 4.91 Å². The van der Waals surface area contributed by atoms with Crippen LogP contribution in [0.1, 0.15) is 30.5 Å². The number of nitrogens with zero attached hydrogens (tertiary/aromatic N) is 2. The summed E-state index contributed by atoms with van der Waals surface area (Å²) >= 11 is 1.41. The molecule has 0 radical (unpaired) electrons. The van der Waals surface area contributed by atoms with Crippen LogP contribution in [0.15, 0.2) is 22.0 Å². The maximum Gasteiger partial charge on any atom is 0.266 e. The van der Waals surface area contributed by atoms with E-state index in [9.17, 15) is 9.90 Å². The van der Waals surface area contributed by atoms with Crippen molar-refractivity contribution in [1.29, 1.82) is 0 Å². The summed E-state index contributed by atoms with van der Waals surface area (Å²) in [7, 11) is 0. The summed E-state index contributed by atoms with van der Waals surface area (Å²) in [4.78, 5) is 19.1. The molecule has 5 heteroatoms. The fourth-order valence-electron chi connectivity index (χ4n) is 2.26. The number of thioether (sulfide) groups is 1. The van der Waals surface area contributed by atoms with Gasteiger partial charge in [-0.15, -0.1) is 0 Å². The number of hydrogen-bond acceptors (Lipinski definition) is 4. The summed E-state index contributed by atoms with van der Waals surface area (Å²) in [5, 5.41) is 10.6. The molecule has 1 amide bonds. The van der Waals surface area contributed by atoms with Crippen LogP contribution in [0.2, 0.25) is 0 Å². The number of benzene rings is 1. The summed E-state index contributed by atoms with van der Waals surface area (Å²) in [5.74, 6) is 0.309. The van der Waals surface area contributed by atoms with Crippen LogP contribution in [-0.4, -0.2) is 34.2 Å². The first-order valence-electron chi connectivity index (χ1n) is 7.04. The lowest BCUT2D eigenvalue weighted by atomic mass is 10.1. The van der Waals surface area contributed by atoms with E-state index in [0.29, 0.717) is 23.7 Å². The zero-order valence-electron chi connectivity index (χ0n) is 12.8. The molecule has 0 aliphatic carbocycles. The number of phenols is 1. The molecular formula is C16H20N2O2S. The number of likely N-dealkylation sites (N-methyl/N-ethyl adjacent to an activating group) is 1. The molecule has 1 aliphatic rings. The Balaban J connectivity index is 2.38. The summed E-state index contributed by atoms with van der Waals surface area (Å²) in [5.41, 5.74) is 2.55. The minimum atomic E-state index is -0.00178. The van der Waals surface area contributed by atoms with Crippen LogP contribution in [-0.2, 0) is 4.79 Å². The zero-order valence-corrected chi connectivity index (χ0v) is 13.6.